The summed E-state index contributed by atoms with van der Waals surface area (Å²) >= 11 is 0. The Balaban J connectivity index is 4.80. The smallest absolute Gasteiger partial charge is 0.317 e. The van der Waals surface area contributed by atoms with E-state index < -0.39 is 0 Å². The Hall–Kier alpha value is -2.78. The van der Waals surface area contributed by atoms with Crippen LogP contribution in [0.5, 0.6) is 0 Å². The van der Waals surface area contributed by atoms with Gasteiger partial charge in [-0.05, 0) is 116 Å². The van der Waals surface area contributed by atoms with Crippen LogP contribution in [0.15, 0.2) is 20.0 Å². The fraction of sp³-hybridized carbons (Fsp3) is 0.864. The molecule has 4 amide bonds. The molecule has 0 bridgehead atoms. The molecule has 0 radical (unpaired) electrons. The van der Waals surface area contributed by atoms with Crippen molar-refractivity contribution < 1.29 is 9.59 Å². The fourth-order valence-electron chi connectivity index (χ4n) is 6.60. The summed E-state index contributed by atoms with van der Waals surface area (Å²) in [7, 11) is 0. The molecule has 0 rings (SSSR count). The van der Waals surface area contributed by atoms with Crippen molar-refractivity contribution in [3.8, 4) is 0 Å². The van der Waals surface area contributed by atoms with E-state index >= 15 is 0 Å². The van der Waals surface area contributed by atoms with Crippen LogP contribution in [-0.4, -0.2) is 110 Å². The third-order valence-electron chi connectivity index (χ3n) is 8.92. The molecular weight excluding hydrogens is 673 g/mol. The van der Waals surface area contributed by atoms with Crippen molar-refractivity contribution in [1.82, 2.24) is 20.4 Å². The van der Waals surface area contributed by atoms with Gasteiger partial charge >= 0.3 is 12.1 Å². The van der Waals surface area contributed by atoms with Crippen LogP contribution in [0.4, 0.5) is 9.59 Å². The third kappa shape index (κ3) is 31.6. The zero-order valence-electron chi connectivity index (χ0n) is 37.4. The predicted molar refractivity (Wildman–Crippen MR) is 237 cm³/mol. The maximum absolute atomic E-state index is 13.2. The molecule has 54 heavy (non-hydrogen) atoms. The molecule has 0 aromatic carbocycles. The molecule has 0 aliphatic heterocycles. The molecule has 2 N–H and O–H groups in total. The molecular formula is C44H86N8O2. The van der Waals surface area contributed by atoms with E-state index in [1.807, 2.05) is 9.80 Å². The first kappa shape index (κ1) is 51.2. The molecule has 10 heteroatoms. The van der Waals surface area contributed by atoms with Crippen molar-refractivity contribution in [1.29, 1.82) is 0 Å². The van der Waals surface area contributed by atoms with Crippen LogP contribution >= 0.6 is 0 Å². The Morgan fingerprint density at radius 3 is 0.870 bits per heavy atom. The van der Waals surface area contributed by atoms with E-state index in [0.29, 0.717) is 62.9 Å². The highest BCUT2D eigenvalue weighted by molar-refractivity contribution is 5.83. The lowest BCUT2D eigenvalue weighted by Gasteiger charge is -2.23. The van der Waals surface area contributed by atoms with Crippen LogP contribution < -0.4 is 10.6 Å². The average molecular weight is 759 g/mol. The van der Waals surface area contributed by atoms with Crippen LogP contribution in [-0.2, 0) is 0 Å². The van der Waals surface area contributed by atoms with Gasteiger partial charge in [0.05, 0.1) is 0 Å². The summed E-state index contributed by atoms with van der Waals surface area (Å²) in [5, 5.41) is 6.32. The van der Waals surface area contributed by atoms with Crippen LogP contribution in [0, 0.1) is 23.7 Å². The van der Waals surface area contributed by atoms with Gasteiger partial charge in [0.25, 0.3) is 0 Å². The molecule has 0 unspecified atom stereocenters. The van der Waals surface area contributed by atoms with Crippen molar-refractivity contribution in [2.75, 3.05) is 65.4 Å². The number of carbonyl (C=O) groups is 2. The predicted octanol–water partition coefficient (Wildman–Crippen LogP) is 10.2. The summed E-state index contributed by atoms with van der Waals surface area (Å²) in [6, 6.07) is 0.0179. The van der Waals surface area contributed by atoms with Gasteiger partial charge in [0, 0.05) is 88.3 Å². The molecule has 0 atom stereocenters. The lowest BCUT2D eigenvalue weighted by Crippen LogP contribution is -2.42. The molecule has 0 saturated carbocycles. The molecule has 0 saturated heterocycles. The van der Waals surface area contributed by atoms with Crippen molar-refractivity contribution in [3.63, 3.8) is 0 Å². The van der Waals surface area contributed by atoms with Gasteiger partial charge in [-0.15, -0.1) is 0 Å². The first-order valence-electron chi connectivity index (χ1n) is 21.7. The van der Waals surface area contributed by atoms with E-state index in [1.165, 1.54) is 22.8 Å². The molecule has 0 aliphatic rings. The topological polar surface area (TPSA) is 114 Å². The molecule has 0 heterocycles. The summed E-state index contributed by atoms with van der Waals surface area (Å²) in [6.07, 6.45) is 11.4. The van der Waals surface area contributed by atoms with E-state index in [2.05, 4.69) is 93.7 Å². The van der Waals surface area contributed by atoms with Crippen molar-refractivity contribution in [2.24, 2.45) is 43.6 Å². The van der Waals surface area contributed by atoms with Gasteiger partial charge < -0.3 is 20.4 Å². The van der Waals surface area contributed by atoms with Gasteiger partial charge in [0.15, 0.2) is 0 Å². The summed E-state index contributed by atoms with van der Waals surface area (Å²) in [4.78, 5) is 49.2. The number of unbranched alkanes of at least 4 members (excludes halogenated alkanes) is 3. The van der Waals surface area contributed by atoms with Crippen molar-refractivity contribution >= 4 is 34.9 Å². The lowest BCUT2D eigenvalue weighted by molar-refractivity contribution is 0.195. The minimum Gasteiger partial charge on any atom is -0.338 e. The number of rotatable bonds is 31. The van der Waals surface area contributed by atoms with E-state index in [-0.39, 0.29) is 12.1 Å². The van der Waals surface area contributed by atoms with Gasteiger partial charge in [-0.2, -0.15) is 0 Å². The van der Waals surface area contributed by atoms with Crippen molar-refractivity contribution in [3.05, 3.63) is 0 Å². The molecule has 0 fully saturated rings. The molecule has 0 spiro atoms. The second-order valence-corrected chi connectivity index (χ2v) is 17.1. The normalized spacial score (nSPS) is 13.1. The average Bonchev–Trinajstić information content (AvgIpc) is 3.06. The van der Waals surface area contributed by atoms with E-state index in [9.17, 15) is 9.59 Å². The van der Waals surface area contributed by atoms with Gasteiger partial charge in [-0.25, -0.2) is 9.59 Å². The van der Waals surface area contributed by atoms with E-state index in [0.717, 1.165) is 103 Å². The summed E-state index contributed by atoms with van der Waals surface area (Å²) in [5.74, 6) is 2.42. The maximum Gasteiger partial charge on any atom is 0.317 e. The second-order valence-electron chi connectivity index (χ2n) is 17.1. The van der Waals surface area contributed by atoms with Crippen LogP contribution in [0.2, 0.25) is 0 Å². The Bertz CT molecular complexity index is 960. The van der Waals surface area contributed by atoms with Gasteiger partial charge in [-0.1, -0.05) is 68.2 Å². The van der Waals surface area contributed by atoms with E-state index in [1.54, 1.807) is 0 Å². The molecule has 0 aromatic rings. The monoisotopic (exact) mass is 759 g/mol. The van der Waals surface area contributed by atoms with Gasteiger partial charge in [0.1, 0.15) is 0 Å². The van der Waals surface area contributed by atoms with Crippen molar-refractivity contribution in [2.45, 2.75) is 160 Å². The first-order chi connectivity index (χ1) is 25.6. The number of hydrogen-bond acceptors (Lipinski definition) is 6. The maximum atomic E-state index is 13.2. The Kier molecular flexibility index (Phi) is 30.8. The number of nitrogens with one attached hydrogen (secondary N) is 2. The summed E-state index contributed by atoms with van der Waals surface area (Å²) < 4.78 is 0. The van der Waals surface area contributed by atoms with Crippen LogP contribution in [0.3, 0.4) is 0 Å². The highest BCUT2D eigenvalue weighted by atomic mass is 16.2. The largest absolute Gasteiger partial charge is 0.338 e. The second kappa shape index (κ2) is 32.5. The number of amides is 4. The number of nitrogens with zero attached hydrogens (tertiary/aromatic N) is 6. The minimum atomic E-state index is 0.00895. The number of carbonyl (C=O) groups excluding carboxylic acids is 2. The first-order valence-corrected chi connectivity index (χ1v) is 21.7. The molecule has 314 valence electrons. The van der Waals surface area contributed by atoms with E-state index in [4.69, 9.17) is 20.0 Å². The lowest BCUT2D eigenvalue weighted by atomic mass is 10.1. The number of aliphatic imine (C=N–C) groups is 4. The Morgan fingerprint density at radius 2 is 0.648 bits per heavy atom. The molecule has 0 aromatic heterocycles. The number of urea groups is 2. The quantitative estimate of drug-likeness (QED) is 0.0541. The Morgan fingerprint density at radius 1 is 0.407 bits per heavy atom. The Labute approximate surface area is 333 Å². The highest BCUT2D eigenvalue weighted by Crippen LogP contribution is 2.07. The minimum absolute atomic E-state index is 0.00895. The summed E-state index contributed by atoms with van der Waals surface area (Å²) in [5.41, 5.74) is 4.76. The zero-order chi connectivity index (χ0) is 40.7. The summed E-state index contributed by atoms with van der Waals surface area (Å²) in [6.45, 7) is 33.3. The van der Waals surface area contributed by atoms with Gasteiger partial charge in [0.2, 0.25) is 0 Å². The van der Waals surface area contributed by atoms with Crippen LogP contribution in [0.25, 0.3) is 0 Å². The van der Waals surface area contributed by atoms with Gasteiger partial charge in [-0.3, -0.25) is 20.0 Å². The third-order valence-corrected chi connectivity index (χ3v) is 8.92. The van der Waals surface area contributed by atoms with Crippen LogP contribution in [0.1, 0.15) is 160 Å². The SMILES string of the molecule is CC(CC(C)C)=NCCCN(CCCN=C(C)CC(C)C)C(=O)NCCCCCCNC(=O)N(CCCN=C(C)CC(C)C)CCCN=C(C)CC(C)C. The zero-order valence-corrected chi connectivity index (χ0v) is 37.4. The highest BCUT2D eigenvalue weighted by Gasteiger charge is 2.14. The standard InChI is InChI=1S/C44H86N8O2/c1-35(2)31-39(9)45-23-17-27-51(28-18-24-46-40(10)32-36(3)4)43(53)49-21-15-13-14-16-22-50-44(54)52(29-19-25-47-41(11)33-37(5)6)30-20-26-48-42(12)34-38(7)8/h35-38H,13-34H2,1-12H3,(H,49,53)(H,50,54). The molecule has 0 aliphatic carbocycles. The number of hydrogen-bond donors (Lipinski definition) is 2. The fourth-order valence-corrected chi connectivity index (χ4v) is 6.60. The molecule has 10 nitrogen and oxygen atoms in total.